The van der Waals surface area contributed by atoms with Crippen LogP contribution >= 0.6 is 12.2 Å². The summed E-state index contributed by atoms with van der Waals surface area (Å²) in [7, 11) is 0. The van der Waals surface area contributed by atoms with E-state index < -0.39 is 0 Å². The SMILES string of the molecule is O=C(NCc1ccc(F)cc1)c1ccc2c(=O)n(CCc3c[nH]c4ccccc34)c(=S)[nH]c2c1. The molecule has 0 aliphatic carbocycles. The summed E-state index contributed by atoms with van der Waals surface area (Å²) in [5, 5.41) is 4.39. The largest absolute Gasteiger partial charge is 0.361 e. The van der Waals surface area contributed by atoms with Crippen molar-refractivity contribution >= 4 is 39.9 Å². The van der Waals surface area contributed by atoms with Gasteiger partial charge in [0.2, 0.25) is 0 Å². The smallest absolute Gasteiger partial charge is 0.262 e. The van der Waals surface area contributed by atoms with Gasteiger partial charge in [0.25, 0.3) is 11.5 Å². The molecule has 0 radical (unpaired) electrons. The number of aromatic nitrogens is 3. The van der Waals surface area contributed by atoms with Crippen molar-refractivity contribution in [1.82, 2.24) is 19.9 Å². The van der Waals surface area contributed by atoms with Gasteiger partial charge in [0.15, 0.2) is 4.77 Å². The molecule has 0 saturated carbocycles. The van der Waals surface area contributed by atoms with Gasteiger partial charge in [0.1, 0.15) is 5.82 Å². The van der Waals surface area contributed by atoms with Gasteiger partial charge in [-0.2, -0.15) is 0 Å². The van der Waals surface area contributed by atoms with Gasteiger partial charge in [0, 0.05) is 35.8 Å². The first-order valence-electron chi connectivity index (χ1n) is 10.8. The second kappa shape index (κ2) is 9.07. The molecule has 3 N–H and O–H groups in total. The number of nitrogens with zero attached hydrogens (tertiary/aromatic N) is 1. The van der Waals surface area contributed by atoms with Crippen LogP contribution in [0.2, 0.25) is 0 Å². The molecule has 0 atom stereocenters. The van der Waals surface area contributed by atoms with Gasteiger partial charge >= 0.3 is 0 Å². The zero-order valence-electron chi connectivity index (χ0n) is 18.1. The lowest BCUT2D eigenvalue weighted by molar-refractivity contribution is 0.0951. The van der Waals surface area contributed by atoms with Gasteiger partial charge in [-0.15, -0.1) is 0 Å². The Labute approximate surface area is 199 Å². The minimum absolute atomic E-state index is 0.197. The zero-order valence-corrected chi connectivity index (χ0v) is 18.9. The Bertz CT molecular complexity index is 1630. The highest BCUT2D eigenvalue weighted by Gasteiger charge is 2.11. The van der Waals surface area contributed by atoms with Crippen molar-refractivity contribution in [2.24, 2.45) is 0 Å². The van der Waals surface area contributed by atoms with E-state index >= 15 is 0 Å². The van der Waals surface area contributed by atoms with E-state index in [9.17, 15) is 14.0 Å². The lowest BCUT2D eigenvalue weighted by Crippen LogP contribution is -2.25. The standard InChI is InChI=1S/C26H21FN4O2S/c27-19-8-5-16(6-9-19)14-29-24(32)17-7-10-21-23(13-17)30-26(34)31(25(21)33)12-11-18-15-28-22-4-2-1-3-20(18)22/h1-10,13,15,28H,11-12,14H2,(H,29,32)(H,30,34). The van der Waals surface area contributed by atoms with Gasteiger partial charge in [-0.1, -0.05) is 30.3 Å². The molecule has 170 valence electrons. The molecule has 5 rings (SSSR count). The van der Waals surface area contributed by atoms with Crippen molar-refractivity contribution in [1.29, 1.82) is 0 Å². The number of halogens is 1. The van der Waals surface area contributed by atoms with Crippen LogP contribution in [0.3, 0.4) is 0 Å². The number of hydrogen-bond donors (Lipinski definition) is 3. The summed E-state index contributed by atoms with van der Waals surface area (Å²) in [6.45, 7) is 0.703. The van der Waals surface area contributed by atoms with E-state index in [1.165, 1.54) is 12.1 Å². The second-order valence-electron chi connectivity index (χ2n) is 8.07. The molecule has 8 heteroatoms. The highest BCUT2D eigenvalue weighted by atomic mass is 32.1. The van der Waals surface area contributed by atoms with Crippen LogP contribution < -0.4 is 10.9 Å². The third-order valence-corrected chi connectivity index (χ3v) is 6.21. The predicted octanol–water partition coefficient (Wildman–Crippen LogP) is 4.85. The Morgan fingerprint density at radius 2 is 1.79 bits per heavy atom. The van der Waals surface area contributed by atoms with Crippen LogP contribution in [0.4, 0.5) is 4.39 Å². The first-order valence-corrected chi connectivity index (χ1v) is 11.2. The number of para-hydroxylation sites is 1. The van der Waals surface area contributed by atoms with E-state index in [2.05, 4.69) is 15.3 Å². The Morgan fingerprint density at radius 1 is 1.00 bits per heavy atom. The molecule has 2 aromatic heterocycles. The first kappa shape index (κ1) is 21.8. The molecular formula is C26H21FN4O2S. The number of H-pyrrole nitrogens is 2. The molecule has 0 aliphatic heterocycles. The highest BCUT2D eigenvalue weighted by Crippen LogP contribution is 2.19. The number of fused-ring (bicyclic) bond motifs is 2. The van der Waals surface area contributed by atoms with Crippen molar-refractivity contribution in [3.8, 4) is 0 Å². The lowest BCUT2D eigenvalue weighted by atomic mass is 10.1. The normalized spacial score (nSPS) is 11.2. The Hall–Kier alpha value is -4.04. The van der Waals surface area contributed by atoms with E-state index in [0.29, 0.717) is 34.2 Å². The molecule has 3 aromatic carbocycles. The average molecular weight is 473 g/mol. The molecule has 6 nitrogen and oxygen atoms in total. The lowest BCUT2D eigenvalue weighted by Gasteiger charge is -2.10. The Kier molecular flexibility index (Phi) is 5.81. The summed E-state index contributed by atoms with van der Waals surface area (Å²) in [6, 6.07) is 18.8. The van der Waals surface area contributed by atoms with E-state index in [4.69, 9.17) is 12.2 Å². The molecule has 2 heterocycles. The molecule has 34 heavy (non-hydrogen) atoms. The highest BCUT2D eigenvalue weighted by molar-refractivity contribution is 7.71. The summed E-state index contributed by atoms with van der Waals surface area (Å²) in [6.07, 6.45) is 2.61. The monoisotopic (exact) mass is 472 g/mol. The number of aromatic amines is 2. The summed E-state index contributed by atoms with van der Waals surface area (Å²) >= 11 is 5.46. The number of carbonyl (C=O) groups is 1. The first-order chi connectivity index (χ1) is 16.5. The number of amides is 1. The maximum atomic E-state index is 13.1. The minimum Gasteiger partial charge on any atom is -0.361 e. The molecule has 1 amide bonds. The Morgan fingerprint density at radius 3 is 2.62 bits per heavy atom. The van der Waals surface area contributed by atoms with Gasteiger partial charge in [0.05, 0.1) is 10.9 Å². The maximum Gasteiger partial charge on any atom is 0.262 e. The van der Waals surface area contributed by atoms with Crippen LogP contribution in [0.5, 0.6) is 0 Å². The number of rotatable bonds is 6. The fraction of sp³-hybridized carbons (Fsp3) is 0.115. The summed E-state index contributed by atoms with van der Waals surface area (Å²) < 4.78 is 14.9. The number of hydrogen-bond acceptors (Lipinski definition) is 3. The van der Waals surface area contributed by atoms with Crippen molar-refractivity contribution in [2.75, 3.05) is 0 Å². The molecule has 0 saturated heterocycles. The number of nitrogens with one attached hydrogen (secondary N) is 3. The van der Waals surface area contributed by atoms with Crippen LogP contribution in [0.1, 0.15) is 21.5 Å². The number of carbonyl (C=O) groups excluding carboxylic acids is 1. The summed E-state index contributed by atoms with van der Waals surface area (Å²) in [4.78, 5) is 32.1. The van der Waals surface area contributed by atoms with Crippen LogP contribution in [0, 0.1) is 10.6 Å². The molecule has 0 spiro atoms. The fourth-order valence-electron chi connectivity index (χ4n) is 4.06. The fourth-order valence-corrected chi connectivity index (χ4v) is 4.34. The van der Waals surface area contributed by atoms with Gasteiger partial charge in [-0.3, -0.25) is 14.2 Å². The van der Waals surface area contributed by atoms with E-state index in [-0.39, 0.29) is 23.8 Å². The topological polar surface area (TPSA) is 82.7 Å². The molecule has 0 fully saturated rings. The molecule has 0 unspecified atom stereocenters. The molecule has 0 aliphatic rings. The Balaban J connectivity index is 1.36. The van der Waals surface area contributed by atoms with E-state index in [1.807, 2.05) is 30.5 Å². The second-order valence-corrected chi connectivity index (χ2v) is 8.45. The minimum atomic E-state index is -0.327. The van der Waals surface area contributed by atoms with Crippen molar-refractivity contribution in [3.63, 3.8) is 0 Å². The molecule has 5 aromatic rings. The number of aryl methyl sites for hydroxylation is 1. The zero-order chi connectivity index (χ0) is 23.7. The van der Waals surface area contributed by atoms with E-state index in [0.717, 1.165) is 22.0 Å². The van der Waals surface area contributed by atoms with Crippen LogP contribution in [-0.2, 0) is 19.5 Å². The summed E-state index contributed by atoms with van der Waals surface area (Å²) in [5.74, 6) is -0.624. The van der Waals surface area contributed by atoms with Crippen molar-refractivity contribution in [2.45, 2.75) is 19.5 Å². The third kappa shape index (κ3) is 4.27. The maximum absolute atomic E-state index is 13.1. The van der Waals surface area contributed by atoms with Crippen molar-refractivity contribution in [3.05, 3.63) is 111 Å². The molecule has 0 bridgehead atoms. The number of benzene rings is 3. The van der Waals surface area contributed by atoms with Crippen LogP contribution in [0.15, 0.2) is 77.7 Å². The van der Waals surface area contributed by atoms with Gasteiger partial charge in [-0.05, 0) is 66.2 Å². The molecular weight excluding hydrogens is 451 g/mol. The van der Waals surface area contributed by atoms with E-state index in [1.54, 1.807) is 34.9 Å². The third-order valence-electron chi connectivity index (χ3n) is 5.89. The predicted molar refractivity (Wildman–Crippen MR) is 133 cm³/mol. The van der Waals surface area contributed by atoms with Gasteiger partial charge in [-0.25, -0.2) is 4.39 Å². The summed E-state index contributed by atoms with van der Waals surface area (Å²) in [5.41, 5.74) is 3.66. The van der Waals surface area contributed by atoms with Gasteiger partial charge < -0.3 is 15.3 Å². The average Bonchev–Trinajstić information content (AvgIpc) is 3.26. The van der Waals surface area contributed by atoms with Crippen LogP contribution in [0.25, 0.3) is 21.8 Å². The van der Waals surface area contributed by atoms with Crippen molar-refractivity contribution < 1.29 is 9.18 Å². The van der Waals surface area contributed by atoms with Crippen LogP contribution in [-0.4, -0.2) is 20.4 Å². The quantitative estimate of drug-likeness (QED) is 0.309.